The Balaban J connectivity index is 3.94. The van der Waals surface area contributed by atoms with E-state index in [4.69, 9.17) is 14.2 Å². The summed E-state index contributed by atoms with van der Waals surface area (Å²) < 4.78 is 15.5. The van der Waals surface area contributed by atoms with Crippen LogP contribution in [0.25, 0.3) is 0 Å². The van der Waals surface area contributed by atoms with Crippen LogP contribution < -0.4 is 5.32 Å². The minimum absolute atomic E-state index is 0.0653. The lowest BCUT2D eigenvalue weighted by Crippen LogP contribution is -2.42. The zero-order valence-corrected chi connectivity index (χ0v) is 12.4. The highest BCUT2D eigenvalue weighted by Crippen LogP contribution is 1.92. The van der Waals surface area contributed by atoms with Gasteiger partial charge in [0.05, 0.1) is 26.4 Å². The van der Waals surface area contributed by atoms with Gasteiger partial charge in [-0.2, -0.15) is 0 Å². The molecule has 0 aromatic rings. The van der Waals surface area contributed by atoms with Crippen molar-refractivity contribution in [2.45, 2.75) is 13.8 Å². The molecule has 1 amide bonds. The van der Waals surface area contributed by atoms with E-state index in [0.717, 1.165) is 0 Å². The summed E-state index contributed by atoms with van der Waals surface area (Å²) in [5.74, 6) is 0.0653. The van der Waals surface area contributed by atoms with Crippen molar-refractivity contribution in [1.82, 2.24) is 10.2 Å². The zero-order chi connectivity index (χ0) is 14.3. The lowest BCUT2D eigenvalue weighted by molar-refractivity contribution is -0.131. The van der Waals surface area contributed by atoms with Gasteiger partial charge in [0.1, 0.15) is 0 Å². The SMILES string of the molecule is CCOCCN(CCOCC)C(=O)CNCCOC. The minimum Gasteiger partial charge on any atom is -0.383 e. The van der Waals surface area contributed by atoms with Crippen molar-refractivity contribution in [3.63, 3.8) is 0 Å². The van der Waals surface area contributed by atoms with Crippen LogP contribution in [0.4, 0.5) is 0 Å². The fraction of sp³-hybridized carbons (Fsp3) is 0.923. The van der Waals surface area contributed by atoms with Gasteiger partial charge in [0.2, 0.25) is 5.91 Å². The number of ether oxygens (including phenoxy) is 3. The van der Waals surface area contributed by atoms with Gasteiger partial charge in [-0.15, -0.1) is 0 Å². The van der Waals surface area contributed by atoms with Crippen LogP contribution in [0.5, 0.6) is 0 Å². The Morgan fingerprint density at radius 1 is 1.05 bits per heavy atom. The third-order valence-corrected chi connectivity index (χ3v) is 2.53. The lowest BCUT2D eigenvalue weighted by Gasteiger charge is -2.22. The second-order valence-electron chi connectivity index (χ2n) is 3.94. The number of hydrogen-bond acceptors (Lipinski definition) is 5. The molecular weight excluding hydrogens is 248 g/mol. The van der Waals surface area contributed by atoms with Gasteiger partial charge in [0.15, 0.2) is 0 Å². The summed E-state index contributed by atoms with van der Waals surface area (Å²) in [6, 6.07) is 0. The fourth-order valence-corrected chi connectivity index (χ4v) is 1.48. The molecule has 0 bridgehead atoms. The van der Waals surface area contributed by atoms with Crippen molar-refractivity contribution in [1.29, 1.82) is 0 Å². The second-order valence-corrected chi connectivity index (χ2v) is 3.94. The van der Waals surface area contributed by atoms with E-state index in [1.807, 2.05) is 13.8 Å². The third-order valence-electron chi connectivity index (χ3n) is 2.53. The molecule has 0 saturated heterocycles. The summed E-state index contributed by atoms with van der Waals surface area (Å²) in [5, 5.41) is 3.05. The predicted molar refractivity (Wildman–Crippen MR) is 74.3 cm³/mol. The van der Waals surface area contributed by atoms with Crippen molar-refractivity contribution in [2.24, 2.45) is 0 Å². The molecule has 0 rings (SSSR count). The van der Waals surface area contributed by atoms with E-state index in [0.29, 0.717) is 59.2 Å². The predicted octanol–water partition coefficient (Wildman–Crippen LogP) is 0.124. The first-order chi connectivity index (χ1) is 9.26. The van der Waals surface area contributed by atoms with Crippen molar-refractivity contribution in [3.05, 3.63) is 0 Å². The summed E-state index contributed by atoms with van der Waals surface area (Å²) >= 11 is 0. The van der Waals surface area contributed by atoms with Crippen LogP contribution in [0.15, 0.2) is 0 Å². The standard InChI is InChI=1S/C13H28N2O4/c1-4-18-10-7-15(8-11-19-5-2)13(16)12-14-6-9-17-3/h14H,4-12H2,1-3H3. The Morgan fingerprint density at radius 3 is 2.11 bits per heavy atom. The molecule has 0 aromatic heterocycles. The average molecular weight is 276 g/mol. The molecule has 0 aliphatic rings. The monoisotopic (exact) mass is 276 g/mol. The van der Waals surface area contributed by atoms with Crippen LogP contribution in [0, 0.1) is 0 Å². The van der Waals surface area contributed by atoms with E-state index in [-0.39, 0.29) is 5.91 Å². The van der Waals surface area contributed by atoms with E-state index >= 15 is 0 Å². The van der Waals surface area contributed by atoms with Crippen LogP contribution in [0.2, 0.25) is 0 Å². The molecule has 0 spiro atoms. The third kappa shape index (κ3) is 10.9. The van der Waals surface area contributed by atoms with E-state index in [1.165, 1.54) is 0 Å². The molecule has 0 atom stereocenters. The van der Waals surface area contributed by atoms with Gasteiger partial charge in [-0.3, -0.25) is 4.79 Å². The molecule has 0 radical (unpaired) electrons. The molecule has 6 heteroatoms. The topological polar surface area (TPSA) is 60.0 Å². The molecule has 0 fully saturated rings. The normalized spacial score (nSPS) is 10.7. The molecule has 0 heterocycles. The molecule has 0 aromatic carbocycles. The maximum absolute atomic E-state index is 12.0. The molecular formula is C13H28N2O4. The van der Waals surface area contributed by atoms with Crippen molar-refractivity contribution in [2.75, 3.05) is 66.3 Å². The molecule has 19 heavy (non-hydrogen) atoms. The molecule has 1 N–H and O–H groups in total. The van der Waals surface area contributed by atoms with Crippen LogP contribution in [0.1, 0.15) is 13.8 Å². The molecule has 0 saturated carbocycles. The highest BCUT2D eigenvalue weighted by molar-refractivity contribution is 5.78. The Labute approximate surface area is 116 Å². The Morgan fingerprint density at radius 2 is 1.63 bits per heavy atom. The lowest BCUT2D eigenvalue weighted by atomic mass is 10.4. The number of nitrogens with one attached hydrogen (secondary N) is 1. The summed E-state index contributed by atoms with van der Waals surface area (Å²) in [6.45, 7) is 9.15. The van der Waals surface area contributed by atoms with E-state index in [1.54, 1.807) is 12.0 Å². The van der Waals surface area contributed by atoms with Gasteiger partial charge in [-0.1, -0.05) is 0 Å². The van der Waals surface area contributed by atoms with Gasteiger partial charge in [0, 0.05) is 40.0 Å². The van der Waals surface area contributed by atoms with E-state index in [9.17, 15) is 4.79 Å². The van der Waals surface area contributed by atoms with Crippen LogP contribution >= 0.6 is 0 Å². The largest absolute Gasteiger partial charge is 0.383 e. The van der Waals surface area contributed by atoms with Crippen molar-refractivity contribution < 1.29 is 19.0 Å². The molecule has 0 unspecified atom stereocenters. The van der Waals surface area contributed by atoms with Crippen molar-refractivity contribution >= 4 is 5.91 Å². The van der Waals surface area contributed by atoms with E-state index < -0.39 is 0 Å². The van der Waals surface area contributed by atoms with Gasteiger partial charge < -0.3 is 24.4 Å². The fourth-order valence-electron chi connectivity index (χ4n) is 1.48. The quantitative estimate of drug-likeness (QED) is 0.484. The highest BCUT2D eigenvalue weighted by atomic mass is 16.5. The molecule has 0 aliphatic carbocycles. The van der Waals surface area contributed by atoms with Crippen LogP contribution in [-0.4, -0.2) is 77.1 Å². The molecule has 114 valence electrons. The number of carbonyl (C=O) groups is 1. The van der Waals surface area contributed by atoms with Gasteiger partial charge in [-0.25, -0.2) is 0 Å². The molecule has 0 aliphatic heterocycles. The zero-order valence-electron chi connectivity index (χ0n) is 12.4. The summed E-state index contributed by atoms with van der Waals surface area (Å²) in [4.78, 5) is 13.8. The first-order valence-corrected chi connectivity index (χ1v) is 6.89. The van der Waals surface area contributed by atoms with Gasteiger partial charge in [-0.05, 0) is 13.8 Å². The summed E-state index contributed by atoms with van der Waals surface area (Å²) in [5.41, 5.74) is 0. The Hall–Kier alpha value is -0.690. The first kappa shape index (κ1) is 18.3. The number of methoxy groups -OCH3 is 1. The number of hydrogen-bond donors (Lipinski definition) is 1. The Bertz CT molecular complexity index is 205. The Kier molecular flexibility index (Phi) is 13.2. The average Bonchev–Trinajstić information content (AvgIpc) is 2.42. The van der Waals surface area contributed by atoms with Crippen LogP contribution in [0.3, 0.4) is 0 Å². The number of carbonyl (C=O) groups excluding carboxylic acids is 1. The van der Waals surface area contributed by atoms with Crippen LogP contribution in [-0.2, 0) is 19.0 Å². The maximum atomic E-state index is 12.0. The summed E-state index contributed by atoms with van der Waals surface area (Å²) in [6.07, 6.45) is 0. The van der Waals surface area contributed by atoms with Crippen molar-refractivity contribution in [3.8, 4) is 0 Å². The highest BCUT2D eigenvalue weighted by Gasteiger charge is 2.12. The summed E-state index contributed by atoms with van der Waals surface area (Å²) in [7, 11) is 1.64. The second kappa shape index (κ2) is 13.7. The van der Waals surface area contributed by atoms with Gasteiger partial charge >= 0.3 is 0 Å². The molecule has 6 nitrogen and oxygen atoms in total. The minimum atomic E-state index is 0.0653. The smallest absolute Gasteiger partial charge is 0.236 e. The number of rotatable bonds is 13. The number of amides is 1. The first-order valence-electron chi connectivity index (χ1n) is 6.89. The van der Waals surface area contributed by atoms with Gasteiger partial charge in [0.25, 0.3) is 0 Å². The number of nitrogens with zero attached hydrogens (tertiary/aromatic N) is 1. The maximum Gasteiger partial charge on any atom is 0.236 e. The van der Waals surface area contributed by atoms with E-state index in [2.05, 4.69) is 5.32 Å².